The minimum absolute atomic E-state index is 0.102. The molecule has 45 heavy (non-hydrogen) atoms. The lowest BCUT2D eigenvalue weighted by Crippen LogP contribution is -2.53. The number of anilines is 2. The molecule has 0 aliphatic carbocycles. The standard InChI is InChI=1S/C30H29BrCl2N6O4S2/c1-30(18-20-4-6-21(31)7-5-20)27(40)38(24-16-22(32)15-23(33)17-24)28-35-19-26(39(28)30)45(42,43)37-12-10-36(11-13-37)29(41)34-9-8-25-3-2-14-44-25/h2-7,14-17,19H,8-13,18H2,1H3,(H,34,41). The van der Waals surface area contributed by atoms with Gasteiger partial charge in [-0.2, -0.15) is 4.31 Å². The van der Waals surface area contributed by atoms with E-state index in [0.717, 1.165) is 16.5 Å². The van der Waals surface area contributed by atoms with Crippen LogP contribution in [-0.2, 0) is 33.2 Å². The number of imidazole rings is 1. The van der Waals surface area contributed by atoms with E-state index in [4.69, 9.17) is 23.2 Å². The Balaban J connectivity index is 1.27. The van der Waals surface area contributed by atoms with Crippen molar-refractivity contribution in [1.82, 2.24) is 24.1 Å². The van der Waals surface area contributed by atoms with E-state index in [-0.39, 0.29) is 55.5 Å². The van der Waals surface area contributed by atoms with Gasteiger partial charge in [-0.1, -0.05) is 57.3 Å². The number of thiophene rings is 1. The van der Waals surface area contributed by atoms with E-state index in [1.54, 1.807) is 41.4 Å². The van der Waals surface area contributed by atoms with Crippen molar-refractivity contribution in [3.8, 4) is 0 Å². The number of urea groups is 1. The number of carbonyl (C=O) groups is 2. The van der Waals surface area contributed by atoms with Gasteiger partial charge in [0.05, 0.1) is 11.9 Å². The summed E-state index contributed by atoms with van der Waals surface area (Å²) in [6, 6.07) is 16.0. The normalized spacial score (nSPS) is 18.8. The number of hydrogen-bond donors (Lipinski definition) is 1. The second-order valence-electron chi connectivity index (χ2n) is 11.0. The SMILES string of the molecule is CC1(Cc2ccc(Br)cc2)C(=O)N(c2cc(Cl)cc(Cl)c2)c2ncc(S(=O)(=O)N3CCN(C(=O)NCCc4cccs4)CC3)n21. The molecule has 1 atom stereocenters. The van der Waals surface area contributed by atoms with Crippen LogP contribution in [-0.4, -0.2) is 71.8 Å². The highest BCUT2D eigenvalue weighted by molar-refractivity contribution is 9.10. The number of fused-ring (bicyclic) bond motifs is 1. The first kappa shape index (κ1) is 32.0. The maximum atomic E-state index is 14.3. The second kappa shape index (κ2) is 12.7. The van der Waals surface area contributed by atoms with Crippen LogP contribution in [0.5, 0.6) is 0 Å². The molecule has 236 valence electrons. The first-order chi connectivity index (χ1) is 21.5. The van der Waals surface area contributed by atoms with E-state index < -0.39 is 15.6 Å². The minimum atomic E-state index is -4.12. The Kier molecular flexibility index (Phi) is 9.03. The molecular weight excluding hydrogens is 723 g/mol. The molecule has 1 N–H and O–H groups in total. The van der Waals surface area contributed by atoms with Crippen LogP contribution in [0.15, 0.2) is 75.7 Å². The lowest BCUT2D eigenvalue weighted by molar-refractivity contribution is -0.124. The monoisotopic (exact) mass is 750 g/mol. The van der Waals surface area contributed by atoms with Gasteiger partial charge >= 0.3 is 6.03 Å². The molecule has 2 aromatic carbocycles. The highest BCUT2D eigenvalue weighted by Gasteiger charge is 2.52. The van der Waals surface area contributed by atoms with Gasteiger partial charge in [0.1, 0.15) is 5.54 Å². The molecular formula is C30H29BrCl2N6O4S2. The number of carbonyl (C=O) groups excluding carboxylic acids is 2. The molecule has 2 aliphatic heterocycles. The van der Waals surface area contributed by atoms with Crippen molar-refractivity contribution >= 4 is 84.1 Å². The maximum absolute atomic E-state index is 14.3. The van der Waals surface area contributed by atoms with E-state index in [0.29, 0.717) is 22.3 Å². The number of aromatic nitrogens is 2. The topological polar surface area (TPSA) is 108 Å². The molecule has 0 spiro atoms. The van der Waals surface area contributed by atoms with Gasteiger partial charge in [-0.3, -0.25) is 9.36 Å². The predicted octanol–water partition coefficient (Wildman–Crippen LogP) is 5.91. The van der Waals surface area contributed by atoms with Crippen LogP contribution in [0.1, 0.15) is 17.4 Å². The van der Waals surface area contributed by atoms with Crippen LogP contribution < -0.4 is 10.2 Å². The van der Waals surface area contributed by atoms with Crippen LogP contribution in [0.4, 0.5) is 16.4 Å². The summed E-state index contributed by atoms with van der Waals surface area (Å²) in [6.07, 6.45) is 2.23. The molecule has 4 aromatic rings. The number of nitrogens with one attached hydrogen (secondary N) is 1. The molecule has 15 heteroatoms. The lowest BCUT2D eigenvalue weighted by atomic mass is 9.92. The molecule has 4 heterocycles. The molecule has 1 unspecified atom stereocenters. The van der Waals surface area contributed by atoms with Crippen molar-refractivity contribution in [1.29, 1.82) is 0 Å². The molecule has 3 amide bonds. The van der Waals surface area contributed by atoms with E-state index in [1.807, 2.05) is 41.8 Å². The molecule has 0 bridgehead atoms. The highest BCUT2D eigenvalue weighted by atomic mass is 79.9. The van der Waals surface area contributed by atoms with Crippen LogP contribution in [0.2, 0.25) is 10.0 Å². The van der Waals surface area contributed by atoms with Crippen LogP contribution >= 0.6 is 50.5 Å². The van der Waals surface area contributed by atoms with Crippen molar-refractivity contribution < 1.29 is 18.0 Å². The maximum Gasteiger partial charge on any atom is 0.317 e. The largest absolute Gasteiger partial charge is 0.338 e. The average Bonchev–Trinajstić information content (AvgIpc) is 3.73. The Morgan fingerprint density at radius 3 is 2.40 bits per heavy atom. The number of benzene rings is 2. The first-order valence-electron chi connectivity index (χ1n) is 14.2. The smallest absolute Gasteiger partial charge is 0.317 e. The van der Waals surface area contributed by atoms with Gasteiger partial charge in [0.15, 0.2) is 5.03 Å². The van der Waals surface area contributed by atoms with Gasteiger partial charge in [0, 0.05) is 58.5 Å². The zero-order chi connectivity index (χ0) is 31.9. The number of sulfonamides is 1. The third-order valence-corrected chi connectivity index (χ3v) is 11.8. The zero-order valence-corrected chi connectivity index (χ0v) is 28.9. The first-order valence-corrected chi connectivity index (χ1v) is 18.0. The predicted molar refractivity (Wildman–Crippen MR) is 179 cm³/mol. The number of amides is 3. The van der Waals surface area contributed by atoms with Gasteiger partial charge in [-0.15, -0.1) is 11.3 Å². The lowest BCUT2D eigenvalue weighted by Gasteiger charge is -2.34. The quantitative estimate of drug-likeness (QED) is 0.241. The summed E-state index contributed by atoms with van der Waals surface area (Å²) in [5.41, 5.74) is -0.130. The van der Waals surface area contributed by atoms with E-state index >= 15 is 0 Å². The van der Waals surface area contributed by atoms with Crippen molar-refractivity contribution in [2.75, 3.05) is 37.6 Å². The summed E-state index contributed by atoms with van der Waals surface area (Å²) in [4.78, 5) is 35.7. The molecule has 1 saturated heterocycles. The minimum Gasteiger partial charge on any atom is -0.338 e. The fourth-order valence-corrected chi connectivity index (χ4v) is 8.83. The number of rotatable bonds is 8. The van der Waals surface area contributed by atoms with Gasteiger partial charge in [0.2, 0.25) is 5.95 Å². The van der Waals surface area contributed by atoms with E-state index in [2.05, 4.69) is 26.2 Å². The molecule has 6 rings (SSSR count). The Morgan fingerprint density at radius 2 is 1.76 bits per heavy atom. The van der Waals surface area contributed by atoms with Crippen molar-refractivity contribution in [2.24, 2.45) is 0 Å². The van der Waals surface area contributed by atoms with Gasteiger partial charge in [-0.05, 0) is 60.7 Å². The van der Waals surface area contributed by atoms with Crippen LogP contribution in [0.25, 0.3) is 0 Å². The van der Waals surface area contributed by atoms with Gasteiger partial charge in [-0.25, -0.2) is 23.1 Å². The summed E-state index contributed by atoms with van der Waals surface area (Å²) < 4.78 is 32.1. The fourth-order valence-electron chi connectivity index (χ4n) is 5.74. The van der Waals surface area contributed by atoms with E-state index in [9.17, 15) is 18.0 Å². The van der Waals surface area contributed by atoms with Gasteiger partial charge in [0.25, 0.3) is 15.9 Å². The summed E-state index contributed by atoms with van der Waals surface area (Å²) in [5.74, 6) is -0.215. The molecule has 2 aliphatic rings. The highest BCUT2D eigenvalue weighted by Crippen LogP contribution is 2.45. The molecule has 10 nitrogen and oxygen atoms in total. The number of hydrogen-bond acceptors (Lipinski definition) is 6. The van der Waals surface area contributed by atoms with Gasteiger partial charge < -0.3 is 10.2 Å². The molecule has 1 fully saturated rings. The number of nitrogens with zero attached hydrogens (tertiary/aromatic N) is 5. The van der Waals surface area contributed by atoms with Crippen molar-refractivity contribution in [3.05, 3.63) is 91.1 Å². The summed E-state index contributed by atoms with van der Waals surface area (Å²) in [7, 11) is -4.12. The van der Waals surface area contributed by atoms with Crippen molar-refractivity contribution in [2.45, 2.75) is 30.3 Å². The Labute approximate surface area is 283 Å². The third-order valence-electron chi connectivity index (χ3n) is 7.99. The summed E-state index contributed by atoms with van der Waals surface area (Å²) in [6.45, 7) is 2.88. The van der Waals surface area contributed by atoms with Crippen molar-refractivity contribution in [3.63, 3.8) is 0 Å². The van der Waals surface area contributed by atoms with E-state index in [1.165, 1.54) is 24.8 Å². The van der Waals surface area contributed by atoms with Crippen LogP contribution in [0, 0.1) is 0 Å². The average molecular weight is 753 g/mol. The molecule has 2 aromatic heterocycles. The van der Waals surface area contributed by atoms with Crippen LogP contribution in [0.3, 0.4) is 0 Å². The number of piperazine rings is 1. The molecule has 0 saturated carbocycles. The Bertz CT molecular complexity index is 1820. The zero-order valence-electron chi connectivity index (χ0n) is 24.1. The Morgan fingerprint density at radius 1 is 1.07 bits per heavy atom. The third kappa shape index (κ3) is 6.26. The summed E-state index contributed by atoms with van der Waals surface area (Å²) in [5, 5.41) is 5.47. The molecule has 0 radical (unpaired) electrons. The second-order valence-corrected chi connectivity index (χ2v) is 15.7. The Hall–Kier alpha value is -2.94. The fraction of sp³-hybridized carbons (Fsp3) is 0.300. The number of halogens is 3. The summed E-state index contributed by atoms with van der Waals surface area (Å²) >= 11 is 17.7.